The van der Waals surface area contributed by atoms with Crippen LogP contribution in [-0.4, -0.2) is 18.2 Å². The maximum atomic E-state index is 11.9. The van der Waals surface area contributed by atoms with Crippen molar-refractivity contribution in [1.29, 1.82) is 0 Å². The van der Waals surface area contributed by atoms with Crippen LogP contribution in [0.1, 0.15) is 44.2 Å². The van der Waals surface area contributed by atoms with E-state index in [-0.39, 0.29) is 12.5 Å². The Morgan fingerprint density at radius 2 is 1.80 bits per heavy atom. The molecule has 0 spiro atoms. The Hall–Kier alpha value is -2.14. The molecule has 0 aliphatic rings. The summed E-state index contributed by atoms with van der Waals surface area (Å²) >= 11 is 3.39. The van der Waals surface area contributed by atoms with Crippen molar-refractivity contribution in [2.24, 2.45) is 5.10 Å². The van der Waals surface area contributed by atoms with Crippen molar-refractivity contribution < 1.29 is 9.53 Å². The summed E-state index contributed by atoms with van der Waals surface area (Å²) in [6.45, 7) is 6.13. The Labute approximate surface area is 157 Å². The maximum absolute atomic E-state index is 11.9. The van der Waals surface area contributed by atoms with Gasteiger partial charge in [0.1, 0.15) is 5.75 Å². The third kappa shape index (κ3) is 6.02. The first-order valence-corrected chi connectivity index (χ1v) is 9.10. The number of nitrogens with zero attached hydrogens (tertiary/aromatic N) is 1. The highest BCUT2D eigenvalue weighted by Gasteiger charge is 2.05. The van der Waals surface area contributed by atoms with Crippen LogP contribution in [0.5, 0.6) is 5.75 Å². The fourth-order valence-corrected chi connectivity index (χ4v) is 2.48. The summed E-state index contributed by atoms with van der Waals surface area (Å²) in [4.78, 5) is 11.9. The number of amides is 1. The van der Waals surface area contributed by atoms with E-state index in [0.717, 1.165) is 22.2 Å². The predicted octanol–water partition coefficient (Wildman–Crippen LogP) is 4.88. The number of hydrogen-bond donors (Lipinski definition) is 1. The van der Waals surface area contributed by atoms with E-state index in [4.69, 9.17) is 4.74 Å². The first-order valence-electron chi connectivity index (χ1n) is 8.31. The first-order chi connectivity index (χ1) is 12.0. The number of ether oxygens (including phenoxy) is 1. The van der Waals surface area contributed by atoms with E-state index in [1.165, 1.54) is 5.56 Å². The Balaban J connectivity index is 1.84. The molecule has 2 aromatic carbocycles. The van der Waals surface area contributed by atoms with E-state index >= 15 is 0 Å². The second-order valence-corrected chi connectivity index (χ2v) is 6.82. The Bertz CT molecular complexity index is 724. The minimum absolute atomic E-state index is 0.0696. The Kier molecular flexibility index (Phi) is 7.19. The molecule has 0 aliphatic carbocycles. The van der Waals surface area contributed by atoms with E-state index in [0.29, 0.717) is 11.7 Å². The third-order valence-electron chi connectivity index (χ3n) is 4.04. The molecular weight excluding hydrogens is 380 g/mol. The van der Waals surface area contributed by atoms with Gasteiger partial charge in [-0.3, -0.25) is 4.79 Å². The predicted molar refractivity (Wildman–Crippen MR) is 105 cm³/mol. The maximum Gasteiger partial charge on any atom is 0.277 e. The molecule has 0 bridgehead atoms. The van der Waals surface area contributed by atoms with E-state index in [1.54, 1.807) is 0 Å². The summed E-state index contributed by atoms with van der Waals surface area (Å²) in [5.74, 6) is 0.909. The molecule has 2 rings (SSSR count). The number of halogens is 1. The van der Waals surface area contributed by atoms with Crippen LogP contribution in [-0.2, 0) is 4.79 Å². The number of rotatable bonds is 7. The van der Waals surface area contributed by atoms with E-state index in [1.807, 2.05) is 55.5 Å². The van der Waals surface area contributed by atoms with E-state index < -0.39 is 0 Å². The van der Waals surface area contributed by atoms with Gasteiger partial charge in [0.15, 0.2) is 6.61 Å². The van der Waals surface area contributed by atoms with Crippen molar-refractivity contribution in [3.63, 3.8) is 0 Å². The smallest absolute Gasteiger partial charge is 0.277 e. The second kappa shape index (κ2) is 9.37. The van der Waals surface area contributed by atoms with Crippen molar-refractivity contribution in [3.05, 3.63) is 64.1 Å². The molecule has 0 radical (unpaired) electrons. The van der Waals surface area contributed by atoms with E-state index in [2.05, 4.69) is 40.3 Å². The molecule has 25 heavy (non-hydrogen) atoms. The average Bonchev–Trinajstić information content (AvgIpc) is 2.64. The van der Waals surface area contributed by atoms with Gasteiger partial charge in [-0.05, 0) is 54.7 Å². The number of benzene rings is 2. The fraction of sp³-hybridized carbons (Fsp3) is 0.300. The molecule has 0 saturated carbocycles. The molecule has 4 nitrogen and oxygen atoms in total. The molecule has 1 atom stereocenters. The number of carbonyl (C=O) groups excluding carboxylic acids is 1. The summed E-state index contributed by atoms with van der Waals surface area (Å²) in [5.41, 5.74) is 5.47. The van der Waals surface area contributed by atoms with Gasteiger partial charge in [0, 0.05) is 4.47 Å². The van der Waals surface area contributed by atoms with E-state index in [9.17, 15) is 4.79 Å². The minimum Gasteiger partial charge on any atom is -0.484 e. The highest BCUT2D eigenvalue weighted by molar-refractivity contribution is 9.10. The largest absolute Gasteiger partial charge is 0.484 e. The lowest BCUT2D eigenvalue weighted by Crippen LogP contribution is -2.25. The fourth-order valence-electron chi connectivity index (χ4n) is 2.21. The number of hydrazone groups is 1. The molecule has 0 fully saturated rings. The van der Waals surface area contributed by atoms with Crippen LogP contribution in [0.4, 0.5) is 0 Å². The van der Waals surface area contributed by atoms with Gasteiger partial charge < -0.3 is 4.74 Å². The highest BCUT2D eigenvalue weighted by Crippen LogP contribution is 2.21. The number of hydrogen-bond acceptors (Lipinski definition) is 3. The van der Waals surface area contributed by atoms with Gasteiger partial charge in [0.2, 0.25) is 0 Å². The lowest BCUT2D eigenvalue weighted by atomic mass is 9.99. The van der Waals surface area contributed by atoms with Crippen LogP contribution in [0.3, 0.4) is 0 Å². The summed E-state index contributed by atoms with van der Waals surface area (Å²) in [6.07, 6.45) is 1.10. The van der Waals surface area contributed by atoms with Gasteiger partial charge >= 0.3 is 0 Å². The number of nitrogens with one attached hydrogen (secondary N) is 1. The SMILES string of the molecule is CCC(C)c1ccc(OCC(=O)NN=C(C)c2ccc(Br)cc2)cc1. The average molecular weight is 403 g/mol. The molecule has 0 aromatic heterocycles. The quantitative estimate of drug-likeness (QED) is 0.529. The van der Waals surface area contributed by atoms with Crippen LogP contribution in [0.2, 0.25) is 0 Å². The molecule has 132 valence electrons. The summed E-state index contributed by atoms with van der Waals surface area (Å²) < 4.78 is 6.50. The van der Waals surface area contributed by atoms with Crippen molar-refractivity contribution in [3.8, 4) is 5.75 Å². The third-order valence-corrected chi connectivity index (χ3v) is 4.57. The molecule has 0 saturated heterocycles. The zero-order valence-corrected chi connectivity index (χ0v) is 16.3. The van der Waals surface area contributed by atoms with Crippen LogP contribution < -0.4 is 10.2 Å². The van der Waals surface area contributed by atoms with Crippen LogP contribution >= 0.6 is 15.9 Å². The molecule has 1 unspecified atom stereocenters. The summed E-state index contributed by atoms with van der Waals surface area (Å²) in [6, 6.07) is 15.6. The zero-order valence-electron chi connectivity index (χ0n) is 14.8. The standard InChI is InChI=1S/C20H23BrN2O2/c1-4-14(2)16-7-11-19(12-8-16)25-13-20(24)23-22-15(3)17-5-9-18(21)10-6-17/h5-12,14H,4,13H2,1-3H3,(H,23,24). The van der Waals surface area contributed by atoms with Crippen molar-refractivity contribution >= 4 is 27.5 Å². The first kappa shape index (κ1) is 19.2. The van der Waals surface area contributed by atoms with Gasteiger partial charge in [-0.25, -0.2) is 5.43 Å². The Morgan fingerprint density at radius 3 is 2.40 bits per heavy atom. The second-order valence-electron chi connectivity index (χ2n) is 5.91. The molecule has 0 aliphatic heterocycles. The van der Waals surface area contributed by atoms with Crippen LogP contribution in [0.15, 0.2) is 58.1 Å². The minimum atomic E-state index is -0.289. The topological polar surface area (TPSA) is 50.7 Å². The van der Waals surface area contributed by atoms with Gasteiger partial charge in [-0.2, -0.15) is 5.10 Å². The molecule has 5 heteroatoms. The number of carbonyl (C=O) groups is 1. The van der Waals surface area contributed by atoms with Crippen LogP contribution in [0, 0.1) is 0 Å². The Morgan fingerprint density at radius 1 is 1.16 bits per heavy atom. The molecule has 2 aromatic rings. The molecule has 1 N–H and O–H groups in total. The van der Waals surface area contributed by atoms with Crippen molar-refractivity contribution in [2.45, 2.75) is 33.1 Å². The lowest BCUT2D eigenvalue weighted by Gasteiger charge is -2.10. The summed E-state index contributed by atoms with van der Waals surface area (Å²) in [7, 11) is 0. The monoisotopic (exact) mass is 402 g/mol. The lowest BCUT2D eigenvalue weighted by molar-refractivity contribution is -0.123. The molecule has 0 heterocycles. The van der Waals surface area contributed by atoms with Crippen molar-refractivity contribution in [1.82, 2.24) is 5.43 Å². The van der Waals surface area contributed by atoms with Gasteiger partial charge in [0.25, 0.3) is 5.91 Å². The normalized spacial score (nSPS) is 12.6. The highest BCUT2D eigenvalue weighted by atomic mass is 79.9. The van der Waals surface area contributed by atoms with Crippen molar-refractivity contribution in [2.75, 3.05) is 6.61 Å². The van der Waals surface area contributed by atoms with Gasteiger partial charge in [0.05, 0.1) is 5.71 Å². The van der Waals surface area contributed by atoms with Gasteiger partial charge in [-0.15, -0.1) is 0 Å². The summed E-state index contributed by atoms with van der Waals surface area (Å²) in [5, 5.41) is 4.11. The molecule has 1 amide bonds. The molecular formula is C20H23BrN2O2. The van der Waals surface area contributed by atoms with Gasteiger partial charge in [-0.1, -0.05) is 54.0 Å². The zero-order chi connectivity index (χ0) is 18.2. The van der Waals surface area contributed by atoms with Crippen LogP contribution in [0.25, 0.3) is 0 Å².